The zero-order valence-electron chi connectivity index (χ0n) is 11.7. The molecule has 0 radical (unpaired) electrons. The number of piperidine rings is 3. The molecule has 0 aliphatic carbocycles. The number of halogens is 1. The third-order valence-corrected chi connectivity index (χ3v) is 4.96. The van der Waals surface area contributed by atoms with Crippen LogP contribution in [-0.2, 0) is 0 Å². The molecule has 0 aromatic heterocycles. The monoisotopic (exact) mass is 337 g/mol. The van der Waals surface area contributed by atoms with Crippen molar-refractivity contribution >= 4 is 22.0 Å². The Kier molecular flexibility index (Phi) is 4.03. The number of rotatable bonds is 3. The fraction of sp³-hybridized carbons (Fsp3) is 0.500. The standard InChI is InChI=1S/C16H20BrNO2/c1-2-20-13-3-4-14(17)12(9-13)10-15-16(19)11-5-7-18(15)8-6-11/h3-4,9-11,16,19H,2,5-8H2,1H3. The lowest BCUT2D eigenvalue weighted by molar-refractivity contribution is 0.0215. The maximum Gasteiger partial charge on any atom is 0.119 e. The number of ether oxygens (including phenoxy) is 1. The first-order chi connectivity index (χ1) is 9.69. The third kappa shape index (κ3) is 2.59. The van der Waals surface area contributed by atoms with Crippen molar-refractivity contribution in [3.8, 4) is 5.75 Å². The summed E-state index contributed by atoms with van der Waals surface area (Å²) in [6, 6.07) is 5.98. The highest BCUT2D eigenvalue weighted by Gasteiger charge is 2.36. The van der Waals surface area contributed by atoms with Crippen LogP contribution in [0.15, 0.2) is 28.4 Å². The number of aliphatic hydroxyl groups excluding tert-OH is 1. The van der Waals surface area contributed by atoms with Crippen LogP contribution in [0.1, 0.15) is 25.3 Å². The van der Waals surface area contributed by atoms with Crippen LogP contribution in [0.3, 0.4) is 0 Å². The first kappa shape index (κ1) is 14.0. The molecule has 3 aliphatic heterocycles. The number of hydrogen-bond acceptors (Lipinski definition) is 3. The number of hydrogen-bond donors (Lipinski definition) is 1. The van der Waals surface area contributed by atoms with Crippen molar-refractivity contribution in [3.63, 3.8) is 0 Å². The smallest absolute Gasteiger partial charge is 0.119 e. The summed E-state index contributed by atoms with van der Waals surface area (Å²) < 4.78 is 6.58. The predicted molar refractivity (Wildman–Crippen MR) is 83.6 cm³/mol. The fourth-order valence-electron chi connectivity index (χ4n) is 3.13. The molecular formula is C16H20BrNO2. The van der Waals surface area contributed by atoms with Crippen LogP contribution in [0.25, 0.3) is 6.08 Å². The molecule has 2 bridgehead atoms. The van der Waals surface area contributed by atoms with Crippen molar-refractivity contribution in [1.29, 1.82) is 0 Å². The Morgan fingerprint density at radius 1 is 1.40 bits per heavy atom. The van der Waals surface area contributed by atoms with E-state index in [-0.39, 0.29) is 6.10 Å². The second-order valence-electron chi connectivity index (χ2n) is 5.45. The van der Waals surface area contributed by atoms with Crippen molar-refractivity contribution in [2.75, 3.05) is 19.7 Å². The van der Waals surface area contributed by atoms with Crippen molar-refractivity contribution in [2.24, 2.45) is 5.92 Å². The maximum atomic E-state index is 10.4. The van der Waals surface area contributed by atoms with Gasteiger partial charge in [0.15, 0.2) is 0 Å². The molecule has 0 spiro atoms. The molecule has 1 unspecified atom stereocenters. The molecular weight excluding hydrogens is 318 g/mol. The van der Waals surface area contributed by atoms with E-state index in [4.69, 9.17) is 4.74 Å². The molecule has 4 heteroatoms. The van der Waals surface area contributed by atoms with Gasteiger partial charge in [-0.15, -0.1) is 0 Å². The van der Waals surface area contributed by atoms with E-state index in [9.17, 15) is 5.11 Å². The van der Waals surface area contributed by atoms with Gasteiger partial charge in [-0.25, -0.2) is 0 Å². The van der Waals surface area contributed by atoms with Gasteiger partial charge in [0.05, 0.1) is 12.7 Å². The lowest BCUT2D eigenvalue weighted by Crippen LogP contribution is -2.48. The first-order valence-electron chi connectivity index (χ1n) is 7.26. The quantitative estimate of drug-likeness (QED) is 0.918. The van der Waals surface area contributed by atoms with Crippen molar-refractivity contribution < 1.29 is 9.84 Å². The van der Waals surface area contributed by atoms with E-state index in [1.807, 2.05) is 25.1 Å². The van der Waals surface area contributed by atoms with Gasteiger partial charge in [-0.05, 0) is 55.5 Å². The van der Waals surface area contributed by atoms with Crippen LogP contribution in [0.2, 0.25) is 0 Å². The SMILES string of the molecule is CCOc1ccc(Br)c(C=C2C(O)C3CCN2CC3)c1. The normalized spacial score (nSPS) is 27.1. The molecule has 3 heterocycles. The zero-order chi connectivity index (χ0) is 14.1. The number of nitrogens with zero attached hydrogens (tertiary/aromatic N) is 1. The average Bonchev–Trinajstić information content (AvgIpc) is 2.47. The molecule has 3 fully saturated rings. The maximum absolute atomic E-state index is 10.4. The van der Waals surface area contributed by atoms with Crippen LogP contribution < -0.4 is 4.74 Å². The highest BCUT2D eigenvalue weighted by atomic mass is 79.9. The predicted octanol–water partition coefficient (Wildman–Crippen LogP) is 3.28. The van der Waals surface area contributed by atoms with E-state index < -0.39 is 0 Å². The molecule has 4 rings (SSSR count). The zero-order valence-corrected chi connectivity index (χ0v) is 13.3. The summed E-state index contributed by atoms with van der Waals surface area (Å²) in [5, 5.41) is 10.4. The second-order valence-corrected chi connectivity index (χ2v) is 6.31. The van der Waals surface area contributed by atoms with Gasteiger partial charge < -0.3 is 14.7 Å². The van der Waals surface area contributed by atoms with Crippen LogP contribution in [-0.4, -0.2) is 35.8 Å². The van der Waals surface area contributed by atoms with Gasteiger partial charge in [-0.3, -0.25) is 0 Å². The van der Waals surface area contributed by atoms with E-state index in [2.05, 4.69) is 26.9 Å². The van der Waals surface area contributed by atoms with Gasteiger partial charge in [-0.2, -0.15) is 0 Å². The Hall–Kier alpha value is -1.00. The molecule has 3 nitrogen and oxygen atoms in total. The molecule has 1 aromatic rings. The summed E-state index contributed by atoms with van der Waals surface area (Å²) in [5.41, 5.74) is 2.12. The van der Waals surface area contributed by atoms with Crippen molar-refractivity contribution in [3.05, 3.63) is 33.9 Å². The third-order valence-electron chi connectivity index (χ3n) is 4.24. The Bertz CT molecular complexity index is 517. The van der Waals surface area contributed by atoms with Crippen LogP contribution in [0, 0.1) is 5.92 Å². The molecule has 1 atom stereocenters. The van der Waals surface area contributed by atoms with Gasteiger partial charge in [0.2, 0.25) is 0 Å². The summed E-state index contributed by atoms with van der Waals surface area (Å²) in [7, 11) is 0. The van der Waals surface area contributed by atoms with Gasteiger partial charge in [0.25, 0.3) is 0 Å². The molecule has 1 N–H and O–H groups in total. The molecule has 3 aliphatic rings. The minimum Gasteiger partial charge on any atom is -0.494 e. The van der Waals surface area contributed by atoms with Crippen molar-refractivity contribution in [1.82, 2.24) is 4.90 Å². The Morgan fingerprint density at radius 2 is 2.15 bits per heavy atom. The number of benzene rings is 1. The van der Waals surface area contributed by atoms with Crippen molar-refractivity contribution in [2.45, 2.75) is 25.9 Å². The van der Waals surface area contributed by atoms with Gasteiger partial charge in [0, 0.05) is 23.3 Å². The average molecular weight is 338 g/mol. The molecule has 0 saturated carbocycles. The van der Waals surface area contributed by atoms with E-state index in [1.165, 1.54) is 0 Å². The summed E-state index contributed by atoms with van der Waals surface area (Å²) in [6.45, 7) is 4.77. The second kappa shape index (κ2) is 5.78. The molecule has 1 aromatic carbocycles. The topological polar surface area (TPSA) is 32.7 Å². The van der Waals surface area contributed by atoms with Crippen LogP contribution >= 0.6 is 15.9 Å². The Balaban J connectivity index is 1.93. The number of aliphatic hydroxyl groups is 1. The van der Waals surface area contributed by atoms with Crippen LogP contribution in [0.5, 0.6) is 5.75 Å². The van der Waals surface area contributed by atoms with Gasteiger partial charge >= 0.3 is 0 Å². The fourth-order valence-corrected chi connectivity index (χ4v) is 3.49. The van der Waals surface area contributed by atoms with E-state index in [0.29, 0.717) is 12.5 Å². The van der Waals surface area contributed by atoms with Gasteiger partial charge in [-0.1, -0.05) is 15.9 Å². The highest BCUT2D eigenvalue weighted by molar-refractivity contribution is 9.10. The molecule has 108 valence electrons. The summed E-state index contributed by atoms with van der Waals surface area (Å²) in [4.78, 5) is 2.31. The lowest BCUT2D eigenvalue weighted by Gasteiger charge is -2.46. The summed E-state index contributed by atoms with van der Waals surface area (Å²) in [5.74, 6) is 1.30. The first-order valence-corrected chi connectivity index (χ1v) is 8.05. The van der Waals surface area contributed by atoms with Gasteiger partial charge in [0.1, 0.15) is 5.75 Å². The van der Waals surface area contributed by atoms with Crippen LogP contribution in [0.4, 0.5) is 0 Å². The highest BCUT2D eigenvalue weighted by Crippen LogP contribution is 2.36. The van der Waals surface area contributed by atoms with E-state index in [1.54, 1.807) is 0 Å². The van der Waals surface area contributed by atoms with E-state index >= 15 is 0 Å². The largest absolute Gasteiger partial charge is 0.494 e. The molecule has 0 amide bonds. The van der Waals surface area contributed by atoms with E-state index in [0.717, 1.165) is 47.4 Å². The summed E-state index contributed by atoms with van der Waals surface area (Å²) in [6.07, 6.45) is 4.00. The minimum atomic E-state index is -0.319. The molecule has 20 heavy (non-hydrogen) atoms. The molecule has 3 saturated heterocycles. The minimum absolute atomic E-state index is 0.319. The Morgan fingerprint density at radius 3 is 2.80 bits per heavy atom. The summed E-state index contributed by atoms with van der Waals surface area (Å²) >= 11 is 3.58. The Labute approximate surface area is 128 Å². The number of fused-ring (bicyclic) bond motifs is 3. The lowest BCUT2D eigenvalue weighted by atomic mass is 9.83.